The standard InChI is InChI=1S/C14H20N2O/c1-3-12-4-2-7-15-14(12)13(5-1)16-9-11-6-8-17-10-11/h2,4,7,11,13,16H,1,3,5-6,8-10H2. The van der Waals surface area contributed by atoms with Gasteiger partial charge in [0.15, 0.2) is 0 Å². The molecular formula is C14H20N2O. The summed E-state index contributed by atoms with van der Waals surface area (Å²) in [6.07, 6.45) is 6.80. The van der Waals surface area contributed by atoms with Crippen molar-refractivity contribution in [2.45, 2.75) is 31.7 Å². The maximum atomic E-state index is 5.41. The molecule has 1 aliphatic carbocycles. The van der Waals surface area contributed by atoms with Crippen molar-refractivity contribution in [3.05, 3.63) is 29.6 Å². The van der Waals surface area contributed by atoms with Gasteiger partial charge in [-0.1, -0.05) is 6.07 Å². The fourth-order valence-corrected chi connectivity index (χ4v) is 2.86. The minimum absolute atomic E-state index is 0.459. The second-order valence-corrected chi connectivity index (χ2v) is 5.13. The number of aromatic nitrogens is 1. The molecule has 3 heteroatoms. The summed E-state index contributed by atoms with van der Waals surface area (Å²) in [5.74, 6) is 0.698. The Hall–Kier alpha value is -0.930. The summed E-state index contributed by atoms with van der Waals surface area (Å²) in [4.78, 5) is 4.55. The SMILES string of the molecule is c1cnc2c(c1)CCCC2NCC1CCOC1. The van der Waals surface area contributed by atoms with Gasteiger partial charge in [-0.15, -0.1) is 0 Å². The molecule has 0 spiro atoms. The van der Waals surface area contributed by atoms with Crippen LogP contribution in [0.15, 0.2) is 18.3 Å². The number of nitrogens with one attached hydrogen (secondary N) is 1. The lowest BCUT2D eigenvalue weighted by Crippen LogP contribution is -2.30. The Kier molecular flexibility index (Phi) is 3.39. The van der Waals surface area contributed by atoms with Crippen LogP contribution in [0.2, 0.25) is 0 Å². The fraction of sp³-hybridized carbons (Fsp3) is 0.643. The summed E-state index contributed by atoms with van der Waals surface area (Å²) in [7, 11) is 0. The number of ether oxygens (including phenoxy) is 1. The van der Waals surface area contributed by atoms with E-state index in [9.17, 15) is 0 Å². The van der Waals surface area contributed by atoms with Gasteiger partial charge in [0.25, 0.3) is 0 Å². The van der Waals surface area contributed by atoms with Crippen molar-refractivity contribution in [3.63, 3.8) is 0 Å². The molecule has 2 aliphatic rings. The quantitative estimate of drug-likeness (QED) is 0.866. The minimum Gasteiger partial charge on any atom is -0.381 e. The molecule has 2 atom stereocenters. The van der Waals surface area contributed by atoms with E-state index in [1.165, 1.54) is 36.9 Å². The largest absolute Gasteiger partial charge is 0.381 e. The molecule has 0 saturated carbocycles. The minimum atomic E-state index is 0.459. The van der Waals surface area contributed by atoms with E-state index in [2.05, 4.69) is 16.4 Å². The Labute approximate surface area is 103 Å². The Morgan fingerprint density at radius 2 is 2.41 bits per heavy atom. The number of hydrogen-bond acceptors (Lipinski definition) is 3. The molecule has 0 bridgehead atoms. The summed E-state index contributed by atoms with van der Waals surface area (Å²) in [6, 6.07) is 4.72. The van der Waals surface area contributed by atoms with Gasteiger partial charge in [0, 0.05) is 25.4 Å². The van der Waals surface area contributed by atoms with Crippen molar-refractivity contribution in [3.8, 4) is 0 Å². The van der Waals surface area contributed by atoms with E-state index in [1.54, 1.807) is 0 Å². The van der Waals surface area contributed by atoms with Gasteiger partial charge in [-0.25, -0.2) is 0 Å². The lowest BCUT2D eigenvalue weighted by molar-refractivity contribution is 0.184. The Morgan fingerprint density at radius 1 is 1.41 bits per heavy atom. The van der Waals surface area contributed by atoms with Gasteiger partial charge in [0.2, 0.25) is 0 Å². The lowest BCUT2D eigenvalue weighted by Gasteiger charge is -2.26. The van der Waals surface area contributed by atoms with Crippen molar-refractivity contribution < 1.29 is 4.74 Å². The first-order valence-electron chi connectivity index (χ1n) is 6.68. The van der Waals surface area contributed by atoms with E-state index >= 15 is 0 Å². The Morgan fingerprint density at radius 3 is 3.29 bits per heavy atom. The van der Waals surface area contributed by atoms with E-state index < -0.39 is 0 Å². The fourth-order valence-electron chi connectivity index (χ4n) is 2.86. The van der Waals surface area contributed by atoms with Crippen molar-refractivity contribution in [1.29, 1.82) is 0 Å². The van der Waals surface area contributed by atoms with Crippen LogP contribution in [0.5, 0.6) is 0 Å². The molecule has 0 radical (unpaired) electrons. The van der Waals surface area contributed by atoms with Crippen LogP contribution < -0.4 is 5.32 Å². The molecule has 2 unspecified atom stereocenters. The topological polar surface area (TPSA) is 34.2 Å². The predicted molar refractivity (Wildman–Crippen MR) is 66.8 cm³/mol. The zero-order valence-electron chi connectivity index (χ0n) is 10.2. The second-order valence-electron chi connectivity index (χ2n) is 5.13. The van der Waals surface area contributed by atoms with Gasteiger partial charge in [-0.05, 0) is 43.2 Å². The van der Waals surface area contributed by atoms with Gasteiger partial charge >= 0.3 is 0 Å². The number of hydrogen-bond donors (Lipinski definition) is 1. The van der Waals surface area contributed by atoms with E-state index in [0.29, 0.717) is 12.0 Å². The summed E-state index contributed by atoms with van der Waals surface area (Å²) >= 11 is 0. The third-order valence-electron chi connectivity index (χ3n) is 3.87. The van der Waals surface area contributed by atoms with Crippen molar-refractivity contribution in [2.24, 2.45) is 5.92 Å². The highest BCUT2D eigenvalue weighted by Crippen LogP contribution is 2.28. The second kappa shape index (κ2) is 5.15. The molecule has 1 aromatic rings. The van der Waals surface area contributed by atoms with Crippen molar-refractivity contribution in [2.75, 3.05) is 19.8 Å². The number of aryl methyl sites for hydroxylation is 1. The Bertz CT molecular complexity index is 374. The first-order chi connectivity index (χ1) is 8.43. The van der Waals surface area contributed by atoms with Crippen LogP contribution in [0.1, 0.15) is 36.6 Å². The van der Waals surface area contributed by atoms with Crippen LogP contribution in [0.4, 0.5) is 0 Å². The molecule has 3 nitrogen and oxygen atoms in total. The maximum absolute atomic E-state index is 5.41. The first-order valence-corrected chi connectivity index (χ1v) is 6.68. The summed E-state index contributed by atoms with van der Waals surface area (Å²) in [6.45, 7) is 2.93. The van der Waals surface area contributed by atoms with Gasteiger partial charge in [-0.3, -0.25) is 4.98 Å². The molecule has 92 valence electrons. The number of rotatable bonds is 3. The Balaban J connectivity index is 1.64. The number of pyridine rings is 1. The summed E-state index contributed by atoms with van der Waals surface area (Å²) in [5.41, 5.74) is 2.71. The molecule has 17 heavy (non-hydrogen) atoms. The van der Waals surface area contributed by atoms with Gasteiger partial charge in [0.1, 0.15) is 0 Å². The smallest absolute Gasteiger partial charge is 0.0605 e. The van der Waals surface area contributed by atoms with Crippen LogP contribution >= 0.6 is 0 Å². The van der Waals surface area contributed by atoms with E-state index in [0.717, 1.165) is 19.8 Å². The van der Waals surface area contributed by atoms with Gasteiger partial charge in [-0.2, -0.15) is 0 Å². The highest BCUT2D eigenvalue weighted by molar-refractivity contribution is 5.25. The third kappa shape index (κ3) is 2.50. The van der Waals surface area contributed by atoms with Crippen LogP contribution in [0, 0.1) is 5.92 Å². The van der Waals surface area contributed by atoms with Crippen molar-refractivity contribution in [1.82, 2.24) is 10.3 Å². The van der Waals surface area contributed by atoms with Crippen molar-refractivity contribution >= 4 is 0 Å². The van der Waals surface area contributed by atoms with Gasteiger partial charge in [0.05, 0.1) is 12.3 Å². The van der Waals surface area contributed by atoms with E-state index in [-0.39, 0.29) is 0 Å². The molecule has 0 amide bonds. The van der Waals surface area contributed by atoms with E-state index in [4.69, 9.17) is 4.74 Å². The maximum Gasteiger partial charge on any atom is 0.0605 e. The summed E-state index contributed by atoms with van der Waals surface area (Å²) in [5, 5.41) is 3.68. The zero-order chi connectivity index (χ0) is 11.5. The van der Waals surface area contributed by atoms with Crippen LogP contribution in [-0.2, 0) is 11.2 Å². The molecule has 1 aromatic heterocycles. The van der Waals surface area contributed by atoms with Crippen LogP contribution in [-0.4, -0.2) is 24.7 Å². The highest BCUT2D eigenvalue weighted by atomic mass is 16.5. The molecule has 1 aliphatic heterocycles. The highest BCUT2D eigenvalue weighted by Gasteiger charge is 2.23. The third-order valence-corrected chi connectivity index (χ3v) is 3.87. The molecule has 1 N–H and O–H groups in total. The molecule has 3 rings (SSSR count). The average molecular weight is 232 g/mol. The summed E-state index contributed by atoms with van der Waals surface area (Å²) < 4.78 is 5.41. The molecular weight excluding hydrogens is 212 g/mol. The molecule has 1 fully saturated rings. The average Bonchev–Trinajstić information content (AvgIpc) is 2.89. The zero-order valence-corrected chi connectivity index (χ0v) is 10.2. The number of fused-ring (bicyclic) bond motifs is 1. The van der Waals surface area contributed by atoms with Crippen LogP contribution in [0.3, 0.4) is 0 Å². The lowest BCUT2D eigenvalue weighted by atomic mass is 9.91. The van der Waals surface area contributed by atoms with E-state index in [1.807, 2.05) is 12.3 Å². The molecule has 1 saturated heterocycles. The number of nitrogens with zero attached hydrogens (tertiary/aromatic N) is 1. The molecule has 2 heterocycles. The predicted octanol–water partition coefficient (Wildman–Crippen LogP) is 2.09. The normalized spacial score (nSPS) is 28.0. The molecule has 0 aromatic carbocycles. The first kappa shape index (κ1) is 11.2. The monoisotopic (exact) mass is 232 g/mol. The van der Waals surface area contributed by atoms with Crippen LogP contribution in [0.25, 0.3) is 0 Å². The van der Waals surface area contributed by atoms with Gasteiger partial charge < -0.3 is 10.1 Å².